The van der Waals surface area contributed by atoms with Crippen LogP contribution < -0.4 is 5.32 Å². The fraction of sp³-hybridized carbons (Fsp3) is 0.333. The van der Waals surface area contributed by atoms with E-state index >= 15 is 0 Å². The van der Waals surface area contributed by atoms with Crippen molar-refractivity contribution in [3.63, 3.8) is 0 Å². The van der Waals surface area contributed by atoms with Crippen LogP contribution in [0, 0.1) is 11.8 Å². The van der Waals surface area contributed by atoms with E-state index in [1.165, 1.54) is 0 Å². The molecule has 0 bridgehead atoms. The van der Waals surface area contributed by atoms with Gasteiger partial charge in [0.2, 0.25) is 0 Å². The van der Waals surface area contributed by atoms with Gasteiger partial charge in [-0.3, -0.25) is 9.59 Å². The quantitative estimate of drug-likeness (QED) is 0.828. The van der Waals surface area contributed by atoms with Crippen molar-refractivity contribution >= 4 is 23.2 Å². The Morgan fingerprint density at radius 2 is 2.00 bits per heavy atom. The van der Waals surface area contributed by atoms with Gasteiger partial charge in [0.15, 0.2) is 6.61 Å². The average Bonchev–Trinajstić information content (AvgIpc) is 3.07. The molecule has 4 nitrogen and oxygen atoms in total. The second-order valence-corrected chi connectivity index (χ2v) is 6.83. The molecule has 0 aliphatic heterocycles. The van der Waals surface area contributed by atoms with E-state index in [1.54, 1.807) is 11.3 Å². The first-order chi connectivity index (χ1) is 11.1. The van der Waals surface area contributed by atoms with E-state index < -0.39 is 0 Å². The molecule has 120 valence electrons. The van der Waals surface area contributed by atoms with E-state index in [2.05, 4.69) is 5.32 Å². The molecule has 5 heteroatoms. The van der Waals surface area contributed by atoms with E-state index in [0.29, 0.717) is 5.92 Å². The number of thiophene rings is 1. The fourth-order valence-corrected chi connectivity index (χ4v) is 3.32. The topological polar surface area (TPSA) is 55.4 Å². The third kappa shape index (κ3) is 3.99. The molecular weight excluding hydrogens is 310 g/mol. The number of amides is 1. The molecule has 2 aromatic rings. The van der Waals surface area contributed by atoms with Gasteiger partial charge in [0.1, 0.15) is 0 Å². The second kappa shape index (κ2) is 6.96. The molecule has 1 amide bonds. The minimum Gasteiger partial charge on any atom is -0.455 e. The minimum absolute atomic E-state index is 0.0231. The van der Waals surface area contributed by atoms with Crippen molar-refractivity contribution in [2.24, 2.45) is 11.8 Å². The van der Waals surface area contributed by atoms with E-state index in [0.717, 1.165) is 16.9 Å². The lowest BCUT2D eigenvalue weighted by molar-refractivity contribution is -0.150. The van der Waals surface area contributed by atoms with E-state index in [9.17, 15) is 9.59 Å². The van der Waals surface area contributed by atoms with Crippen molar-refractivity contribution in [3.8, 4) is 0 Å². The number of ether oxygens (including phenoxy) is 1. The number of nitrogens with one attached hydrogen (secondary N) is 1. The number of hydrogen-bond donors (Lipinski definition) is 1. The van der Waals surface area contributed by atoms with Gasteiger partial charge >= 0.3 is 5.97 Å². The van der Waals surface area contributed by atoms with Gasteiger partial charge in [0, 0.05) is 4.88 Å². The summed E-state index contributed by atoms with van der Waals surface area (Å²) in [5.41, 5.74) is 1.01. The van der Waals surface area contributed by atoms with Crippen molar-refractivity contribution in [1.82, 2.24) is 5.32 Å². The molecule has 0 spiro atoms. The zero-order valence-electron chi connectivity index (χ0n) is 12.9. The van der Waals surface area contributed by atoms with Gasteiger partial charge in [-0.2, -0.15) is 0 Å². The molecule has 1 aromatic heterocycles. The predicted molar refractivity (Wildman–Crippen MR) is 89.0 cm³/mol. The SMILES string of the molecule is C[C@@H]1C[C@@H]1C(=O)OCC(=O)N[C@H](c1ccccc1)c1cccs1. The molecule has 3 rings (SSSR count). The first-order valence-electron chi connectivity index (χ1n) is 7.69. The van der Waals surface area contributed by atoms with Gasteiger partial charge in [-0.05, 0) is 29.3 Å². The molecular formula is C18H19NO3S. The maximum absolute atomic E-state index is 12.2. The van der Waals surface area contributed by atoms with Crippen LogP contribution >= 0.6 is 11.3 Å². The van der Waals surface area contributed by atoms with Crippen molar-refractivity contribution in [2.45, 2.75) is 19.4 Å². The Morgan fingerprint density at radius 3 is 2.61 bits per heavy atom. The summed E-state index contributed by atoms with van der Waals surface area (Å²) in [5, 5.41) is 4.93. The minimum atomic E-state index is -0.283. The van der Waals surface area contributed by atoms with Crippen LogP contribution in [0.4, 0.5) is 0 Å². The van der Waals surface area contributed by atoms with Gasteiger partial charge in [-0.25, -0.2) is 0 Å². The Hall–Kier alpha value is -2.14. The zero-order chi connectivity index (χ0) is 16.2. The van der Waals surface area contributed by atoms with Crippen LogP contribution in [-0.2, 0) is 14.3 Å². The van der Waals surface area contributed by atoms with Crippen LogP contribution in [0.1, 0.15) is 29.8 Å². The maximum atomic E-state index is 12.2. The Labute approximate surface area is 139 Å². The molecule has 1 fully saturated rings. The molecule has 1 aliphatic carbocycles. The van der Waals surface area contributed by atoms with E-state index in [-0.39, 0.29) is 30.4 Å². The lowest BCUT2D eigenvalue weighted by Crippen LogP contribution is -2.33. The standard InChI is InChI=1S/C18H19NO3S/c1-12-10-14(12)18(21)22-11-16(20)19-17(15-8-5-9-23-15)13-6-3-2-4-7-13/h2-9,12,14,17H,10-11H2,1H3,(H,19,20)/t12-,14+,17-/m1/s1. The fourth-order valence-electron chi connectivity index (χ4n) is 2.52. The molecule has 1 aromatic carbocycles. The highest BCUT2D eigenvalue weighted by molar-refractivity contribution is 7.10. The summed E-state index contributed by atoms with van der Waals surface area (Å²) in [6.45, 7) is 1.78. The highest BCUT2D eigenvalue weighted by Gasteiger charge is 2.40. The monoisotopic (exact) mass is 329 g/mol. The van der Waals surface area contributed by atoms with Gasteiger partial charge in [0.25, 0.3) is 5.91 Å². The highest BCUT2D eigenvalue weighted by atomic mass is 32.1. The van der Waals surface area contributed by atoms with Crippen LogP contribution in [0.2, 0.25) is 0 Å². The molecule has 1 aliphatic rings. The van der Waals surface area contributed by atoms with Gasteiger partial charge in [-0.15, -0.1) is 11.3 Å². The normalized spacial score (nSPS) is 20.6. The average molecular weight is 329 g/mol. The molecule has 0 unspecified atom stereocenters. The number of esters is 1. The summed E-state index contributed by atoms with van der Waals surface area (Å²) in [5.74, 6) is -0.187. The summed E-state index contributed by atoms with van der Waals surface area (Å²) >= 11 is 1.58. The van der Waals surface area contributed by atoms with Crippen LogP contribution in [0.25, 0.3) is 0 Å². The lowest BCUT2D eigenvalue weighted by atomic mass is 10.1. The molecule has 23 heavy (non-hydrogen) atoms. The largest absolute Gasteiger partial charge is 0.455 e. The summed E-state index contributed by atoms with van der Waals surface area (Å²) < 4.78 is 5.10. The summed E-state index contributed by atoms with van der Waals surface area (Å²) in [4.78, 5) is 24.9. The van der Waals surface area contributed by atoms with Gasteiger partial charge < -0.3 is 10.1 Å². The number of carbonyl (C=O) groups is 2. The molecule has 1 N–H and O–H groups in total. The van der Waals surface area contributed by atoms with Crippen LogP contribution in [0.15, 0.2) is 47.8 Å². The van der Waals surface area contributed by atoms with Crippen LogP contribution in [0.5, 0.6) is 0 Å². The van der Waals surface area contributed by atoms with Crippen LogP contribution in [0.3, 0.4) is 0 Å². The Morgan fingerprint density at radius 1 is 1.26 bits per heavy atom. The predicted octanol–water partition coefficient (Wildman–Crippen LogP) is 3.15. The number of benzene rings is 1. The molecule has 3 atom stereocenters. The van der Waals surface area contributed by atoms with Crippen molar-refractivity contribution in [2.75, 3.05) is 6.61 Å². The third-order valence-corrected chi connectivity index (χ3v) is 4.96. The maximum Gasteiger partial charge on any atom is 0.309 e. The van der Waals surface area contributed by atoms with Crippen LogP contribution in [-0.4, -0.2) is 18.5 Å². The van der Waals surface area contributed by atoms with E-state index in [4.69, 9.17) is 4.74 Å². The van der Waals surface area contributed by atoms with Gasteiger partial charge in [-0.1, -0.05) is 43.3 Å². The highest BCUT2D eigenvalue weighted by Crippen LogP contribution is 2.38. The molecule has 1 saturated carbocycles. The molecule has 0 saturated heterocycles. The number of hydrogen-bond acceptors (Lipinski definition) is 4. The first-order valence-corrected chi connectivity index (χ1v) is 8.57. The molecule has 1 heterocycles. The third-order valence-electron chi connectivity index (χ3n) is 4.02. The smallest absolute Gasteiger partial charge is 0.309 e. The van der Waals surface area contributed by atoms with Crippen molar-refractivity contribution in [3.05, 3.63) is 58.3 Å². The summed E-state index contributed by atoms with van der Waals surface area (Å²) in [6.07, 6.45) is 0.863. The summed E-state index contributed by atoms with van der Waals surface area (Å²) in [6, 6.07) is 13.5. The summed E-state index contributed by atoms with van der Waals surface area (Å²) in [7, 11) is 0. The van der Waals surface area contributed by atoms with Gasteiger partial charge in [0.05, 0.1) is 12.0 Å². The molecule has 0 radical (unpaired) electrons. The Bertz CT molecular complexity index is 669. The first kappa shape index (κ1) is 15.7. The Balaban J connectivity index is 1.62. The lowest BCUT2D eigenvalue weighted by Gasteiger charge is -2.18. The second-order valence-electron chi connectivity index (χ2n) is 5.85. The number of carbonyl (C=O) groups excluding carboxylic acids is 2. The van der Waals surface area contributed by atoms with Crippen molar-refractivity contribution in [1.29, 1.82) is 0 Å². The Kier molecular flexibility index (Phi) is 4.76. The zero-order valence-corrected chi connectivity index (χ0v) is 13.7. The number of rotatable bonds is 6. The van der Waals surface area contributed by atoms with Crippen molar-refractivity contribution < 1.29 is 14.3 Å². The van der Waals surface area contributed by atoms with E-state index in [1.807, 2.05) is 54.8 Å².